The summed E-state index contributed by atoms with van der Waals surface area (Å²) in [6, 6.07) is 3.81. The first-order valence-corrected chi connectivity index (χ1v) is 8.12. The van der Waals surface area contributed by atoms with Crippen molar-refractivity contribution in [3.63, 3.8) is 0 Å². The van der Waals surface area contributed by atoms with Gasteiger partial charge in [0.05, 0.1) is 22.6 Å². The number of methoxy groups -OCH3 is 1. The lowest BCUT2D eigenvalue weighted by atomic mass is 10.2. The van der Waals surface area contributed by atoms with Gasteiger partial charge in [0.1, 0.15) is 0 Å². The molecule has 1 rings (SSSR count). The second-order valence-corrected chi connectivity index (χ2v) is 6.39. The van der Waals surface area contributed by atoms with Crippen molar-refractivity contribution in [3.8, 4) is 0 Å². The maximum Gasteiger partial charge on any atom is 0.339 e. The predicted molar refractivity (Wildman–Crippen MR) is 77.5 cm³/mol. The van der Waals surface area contributed by atoms with Crippen molar-refractivity contribution in [3.05, 3.63) is 28.8 Å². The van der Waals surface area contributed by atoms with Crippen LogP contribution in [0.4, 0.5) is 0 Å². The summed E-state index contributed by atoms with van der Waals surface area (Å²) in [6.45, 7) is 3.80. The molecule has 5 nitrogen and oxygen atoms in total. The van der Waals surface area contributed by atoms with Crippen LogP contribution in [0.5, 0.6) is 0 Å². The van der Waals surface area contributed by atoms with Crippen LogP contribution in [0.15, 0.2) is 23.1 Å². The van der Waals surface area contributed by atoms with E-state index in [1.807, 2.05) is 13.8 Å². The van der Waals surface area contributed by atoms with Crippen LogP contribution < -0.4 is 4.72 Å². The second-order valence-electron chi connectivity index (χ2n) is 4.27. The first-order chi connectivity index (χ1) is 9.35. The molecule has 112 valence electrons. The van der Waals surface area contributed by atoms with Gasteiger partial charge in [-0.1, -0.05) is 25.4 Å². The Morgan fingerprint density at radius 1 is 1.35 bits per heavy atom. The Kier molecular flexibility index (Phi) is 5.98. The zero-order chi connectivity index (χ0) is 15.3. The van der Waals surface area contributed by atoms with E-state index in [1.165, 1.54) is 25.3 Å². The van der Waals surface area contributed by atoms with Crippen molar-refractivity contribution in [2.24, 2.45) is 0 Å². The molecule has 0 fully saturated rings. The van der Waals surface area contributed by atoms with E-state index in [9.17, 15) is 13.2 Å². The maximum atomic E-state index is 12.2. The summed E-state index contributed by atoms with van der Waals surface area (Å²) in [5.74, 6) is -0.672. The second kappa shape index (κ2) is 7.06. The van der Waals surface area contributed by atoms with E-state index >= 15 is 0 Å². The van der Waals surface area contributed by atoms with Crippen LogP contribution in [0.1, 0.15) is 37.0 Å². The number of carbonyl (C=O) groups is 1. The Labute approximate surface area is 124 Å². The molecule has 0 aliphatic heterocycles. The fourth-order valence-electron chi connectivity index (χ4n) is 1.68. The van der Waals surface area contributed by atoms with Gasteiger partial charge in [0.15, 0.2) is 0 Å². The summed E-state index contributed by atoms with van der Waals surface area (Å²) < 4.78 is 31.6. The van der Waals surface area contributed by atoms with Crippen LogP contribution in [0, 0.1) is 0 Å². The van der Waals surface area contributed by atoms with Gasteiger partial charge in [0, 0.05) is 6.04 Å². The highest BCUT2D eigenvalue weighted by atomic mass is 35.5. The third-order valence-electron chi connectivity index (χ3n) is 2.96. The summed E-state index contributed by atoms with van der Waals surface area (Å²) in [4.78, 5) is 11.5. The third-order valence-corrected chi connectivity index (χ3v) is 4.81. The summed E-state index contributed by atoms with van der Waals surface area (Å²) in [7, 11) is -2.47. The van der Waals surface area contributed by atoms with Crippen LogP contribution in [0.25, 0.3) is 0 Å². The first kappa shape index (κ1) is 16.9. The molecular formula is C13H18ClNO4S. The number of hydrogen-bond acceptors (Lipinski definition) is 4. The van der Waals surface area contributed by atoms with Gasteiger partial charge in [-0.3, -0.25) is 0 Å². The topological polar surface area (TPSA) is 72.5 Å². The monoisotopic (exact) mass is 319 g/mol. The molecule has 0 unspecified atom stereocenters. The normalized spacial score (nSPS) is 11.7. The van der Waals surface area contributed by atoms with Crippen LogP contribution in [-0.4, -0.2) is 27.5 Å². The number of hydrogen-bond donors (Lipinski definition) is 1. The molecule has 0 aliphatic carbocycles. The predicted octanol–water partition coefficient (Wildman–Crippen LogP) is 2.59. The fraction of sp³-hybridized carbons (Fsp3) is 0.462. The van der Waals surface area contributed by atoms with Crippen molar-refractivity contribution in [2.75, 3.05) is 7.11 Å². The SMILES string of the molecule is CCC(CC)NS(=O)(=O)c1ccc(Cl)c(C(=O)OC)c1. The zero-order valence-corrected chi connectivity index (χ0v) is 13.2. The summed E-state index contributed by atoms with van der Waals surface area (Å²) >= 11 is 5.86. The highest BCUT2D eigenvalue weighted by Crippen LogP contribution is 2.21. The van der Waals surface area contributed by atoms with Gasteiger partial charge in [-0.15, -0.1) is 0 Å². The quantitative estimate of drug-likeness (QED) is 0.818. The molecule has 7 heteroatoms. The lowest BCUT2D eigenvalue weighted by molar-refractivity contribution is 0.0600. The molecule has 0 aliphatic rings. The van der Waals surface area contributed by atoms with Gasteiger partial charge in [0.2, 0.25) is 10.0 Å². The molecule has 1 aromatic carbocycles. The molecule has 1 aromatic rings. The lowest BCUT2D eigenvalue weighted by Crippen LogP contribution is -2.33. The molecule has 0 saturated heterocycles. The number of rotatable bonds is 6. The third kappa shape index (κ3) is 3.94. The fourth-order valence-corrected chi connectivity index (χ4v) is 3.30. The van der Waals surface area contributed by atoms with Gasteiger partial charge in [-0.25, -0.2) is 17.9 Å². The minimum atomic E-state index is -3.68. The largest absolute Gasteiger partial charge is 0.465 e. The zero-order valence-electron chi connectivity index (χ0n) is 11.6. The summed E-state index contributed by atoms with van der Waals surface area (Å²) in [5.41, 5.74) is 0.0292. The molecule has 0 spiro atoms. The standard InChI is InChI=1S/C13H18ClNO4S/c1-4-9(5-2)15-20(17,18)10-6-7-12(14)11(8-10)13(16)19-3/h6-9,15H,4-5H2,1-3H3. The van der Waals surface area contributed by atoms with Crippen LogP contribution >= 0.6 is 11.6 Å². The number of carbonyl (C=O) groups excluding carboxylic acids is 1. The molecule has 0 saturated carbocycles. The molecular weight excluding hydrogens is 302 g/mol. The van der Waals surface area contributed by atoms with Gasteiger partial charge >= 0.3 is 5.97 Å². The van der Waals surface area contributed by atoms with Crippen molar-refractivity contribution in [1.29, 1.82) is 0 Å². The Balaban J connectivity index is 3.16. The van der Waals surface area contributed by atoms with Crippen molar-refractivity contribution in [1.82, 2.24) is 4.72 Å². The summed E-state index contributed by atoms with van der Waals surface area (Å²) in [5, 5.41) is 0.151. The van der Waals surface area contributed by atoms with Gasteiger partial charge in [-0.2, -0.15) is 0 Å². The van der Waals surface area contributed by atoms with Gasteiger partial charge in [-0.05, 0) is 31.0 Å². The number of sulfonamides is 1. The molecule has 0 amide bonds. The molecule has 0 atom stereocenters. The Morgan fingerprint density at radius 2 is 1.95 bits per heavy atom. The minimum Gasteiger partial charge on any atom is -0.465 e. The van der Waals surface area contributed by atoms with Crippen LogP contribution in [0.2, 0.25) is 5.02 Å². The highest BCUT2D eigenvalue weighted by molar-refractivity contribution is 7.89. The van der Waals surface area contributed by atoms with E-state index in [0.717, 1.165) is 0 Å². The molecule has 1 N–H and O–H groups in total. The molecule has 0 heterocycles. The first-order valence-electron chi connectivity index (χ1n) is 6.25. The van der Waals surface area contributed by atoms with E-state index in [4.69, 9.17) is 11.6 Å². The van der Waals surface area contributed by atoms with Crippen molar-refractivity contribution in [2.45, 2.75) is 37.6 Å². The number of ether oxygens (including phenoxy) is 1. The average Bonchev–Trinajstić information content (AvgIpc) is 2.44. The smallest absolute Gasteiger partial charge is 0.339 e. The van der Waals surface area contributed by atoms with Crippen molar-refractivity contribution < 1.29 is 17.9 Å². The lowest BCUT2D eigenvalue weighted by Gasteiger charge is -2.15. The van der Waals surface area contributed by atoms with E-state index in [2.05, 4.69) is 9.46 Å². The number of halogens is 1. The summed E-state index contributed by atoms with van der Waals surface area (Å²) in [6.07, 6.45) is 1.38. The Bertz CT molecular complexity index is 582. The van der Waals surface area contributed by atoms with E-state index < -0.39 is 16.0 Å². The average molecular weight is 320 g/mol. The number of benzene rings is 1. The number of esters is 1. The van der Waals surface area contributed by atoms with E-state index in [-0.39, 0.29) is 21.5 Å². The molecule has 0 radical (unpaired) electrons. The van der Waals surface area contributed by atoms with Crippen LogP contribution in [-0.2, 0) is 14.8 Å². The van der Waals surface area contributed by atoms with E-state index in [0.29, 0.717) is 12.8 Å². The minimum absolute atomic E-state index is 0.00537. The Morgan fingerprint density at radius 3 is 2.45 bits per heavy atom. The van der Waals surface area contributed by atoms with Crippen LogP contribution in [0.3, 0.4) is 0 Å². The van der Waals surface area contributed by atoms with Gasteiger partial charge < -0.3 is 4.74 Å². The maximum absolute atomic E-state index is 12.2. The highest BCUT2D eigenvalue weighted by Gasteiger charge is 2.21. The molecule has 0 aromatic heterocycles. The van der Waals surface area contributed by atoms with E-state index in [1.54, 1.807) is 0 Å². The van der Waals surface area contributed by atoms with Crippen molar-refractivity contribution >= 4 is 27.6 Å². The Hall–Kier alpha value is -1.11. The number of nitrogens with one attached hydrogen (secondary N) is 1. The molecule has 20 heavy (non-hydrogen) atoms. The van der Waals surface area contributed by atoms with Gasteiger partial charge in [0.25, 0.3) is 0 Å². The molecule has 0 bridgehead atoms.